The van der Waals surface area contributed by atoms with Crippen molar-refractivity contribution in [2.75, 3.05) is 27.1 Å². The number of para-hydroxylation sites is 1. The summed E-state index contributed by atoms with van der Waals surface area (Å²) in [6.07, 6.45) is 1.25. The highest BCUT2D eigenvalue weighted by atomic mass is 16.6. The first-order chi connectivity index (χ1) is 14.9. The highest BCUT2D eigenvalue weighted by Gasteiger charge is 2.17. The maximum absolute atomic E-state index is 10.9. The lowest BCUT2D eigenvalue weighted by Crippen LogP contribution is -1.96. The van der Waals surface area contributed by atoms with Crippen LogP contribution in [-0.4, -0.2) is 31.2 Å². The molecule has 0 unspecified atom stereocenters. The quantitative estimate of drug-likeness (QED) is 0.207. The van der Waals surface area contributed by atoms with E-state index in [1.165, 1.54) is 12.3 Å². The molecule has 0 saturated heterocycles. The van der Waals surface area contributed by atoms with Crippen LogP contribution >= 0.6 is 0 Å². The van der Waals surface area contributed by atoms with Crippen molar-refractivity contribution in [2.45, 2.75) is 0 Å². The van der Waals surface area contributed by atoms with Gasteiger partial charge in [0.1, 0.15) is 11.8 Å². The van der Waals surface area contributed by atoms with E-state index in [0.29, 0.717) is 22.8 Å². The molecule has 0 aliphatic carbocycles. The Hall–Kier alpha value is -4.75. The van der Waals surface area contributed by atoms with Crippen molar-refractivity contribution in [1.82, 2.24) is 4.98 Å². The molecule has 1 aromatic heterocycles. The van der Waals surface area contributed by atoms with E-state index in [1.54, 1.807) is 21.3 Å². The van der Waals surface area contributed by atoms with E-state index in [9.17, 15) is 10.1 Å². The van der Waals surface area contributed by atoms with Crippen molar-refractivity contribution >= 4 is 28.0 Å². The minimum absolute atomic E-state index is 0.100. The van der Waals surface area contributed by atoms with E-state index < -0.39 is 10.6 Å². The first-order valence-electron chi connectivity index (χ1n) is 8.48. The van der Waals surface area contributed by atoms with Crippen LogP contribution < -0.4 is 19.9 Å². The van der Waals surface area contributed by atoms with Crippen molar-refractivity contribution in [1.29, 1.82) is 5.26 Å². The van der Waals surface area contributed by atoms with Crippen LogP contribution in [0.3, 0.4) is 0 Å². The zero-order valence-electron chi connectivity index (χ0n) is 16.8. The molecule has 2 N–H and O–H groups in total. The highest BCUT2D eigenvalue weighted by molar-refractivity contribution is 5.96. The zero-order chi connectivity index (χ0) is 23.0. The molecule has 31 heavy (non-hydrogen) atoms. The maximum Gasteiger partial charge on any atom is 0.279 e. The number of nitriles is 1. The van der Waals surface area contributed by atoms with Crippen molar-refractivity contribution in [2.24, 2.45) is 5.11 Å². The lowest BCUT2D eigenvalue weighted by atomic mass is 10.1. The van der Waals surface area contributed by atoms with Gasteiger partial charge in [-0.2, -0.15) is 5.26 Å². The number of hydrogen-bond acceptors (Lipinski definition) is 9. The van der Waals surface area contributed by atoms with Gasteiger partial charge in [-0.3, -0.25) is 15.1 Å². The Morgan fingerprint density at radius 1 is 1.23 bits per heavy atom. The molecule has 12 heteroatoms. The molecular weight excluding hydrogens is 406 g/mol. The number of nitrogens with zero attached hydrogens (tertiary/aromatic N) is 6. The molecule has 0 amide bonds. The van der Waals surface area contributed by atoms with Gasteiger partial charge in [-0.25, -0.2) is 0 Å². The molecule has 158 valence electrons. The summed E-state index contributed by atoms with van der Waals surface area (Å²) < 4.78 is 15.3. The van der Waals surface area contributed by atoms with Crippen LogP contribution in [-0.2, 0) is 0 Å². The SMILES string of the molecule is COc1cccc(OC)c1OC.N#Cc1cnc2cc(N=[N+]=[N-])c([N+](=O)[O-])cc2c1N. The molecular formula is C19H17N7O5. The first kappa shape index (κ1) is 22.5. The van der Waals surface area contributed by atoms with Crippen LogP contribution in [0, 0.1) is 21.4 Å². The summed E-state index contributed by atoms with van der Waals surface area (Å²) in [7, 11) is 4.77. The Morgan fingerprint density at radius 2 is 1.87 bits per heavy atom. The van der Waals surface area contributed by atoms with Gasteiger partial charge in [0.05, 0.1) is 43.0 Å². The molecule has 0 atom stereocenters. The van der Waals surface area contributed by atoms with E-state index in [4.69, 9.17) is 30.7 Å². The van der Waals surface area contributed by atoms with Gasteiger partial charge in [-0.1, -0.05) is 11.2 Å². The third-order valence-electron chi connectivity index (χ3n) is 4.06. The third-order valence-corrected chi connectivity index (χ3v) is 4.06. The molecule has 3 rings (SSSR count). The Balaban J connectivity index is 0.000000245. The summed E-state index contributed by atoms with van der Waals surface area (Å²) in [6, 6.07) is 9.72. The summed E-state index contributed by atoms with van der Waals surface area (Å²) in [6.45, 7) is 0. The second kappa shape index (κ2) is 10.1. The number of benzene rings is 2. The zero-order valence-corrected chi connectivity index (χ0v) is 16.8. The van der Waals surface area contributed by atoms with E-state index in [-0.39, 0.29) is 22.3 Å². The molecule has 3 aromatic rings. The Morgan fingerprint density at radius 3 is 2.35 bits per heavy atom. The van der Waals surface area contributed by atoms with Crippen LogP contribution in [0.1, 0.15) is 5.56 Å². The molecule has 0 spiro atoms. The molecule has 0 aliphatic heterocycles. The number of nitrogen functional groups attached to an aromatic ring is 1. The maximum atomic E-state index is 10.9. The number of nitro groups is 1. The Labute approximate surface area is 176 Å². The summed E-state index contributed by atoms with van der Waals surface area (Å²) in [5.74, 6) is 1.98. The number of fused-ring (bicyclic) bond motifs is 1. The number of methoxy groups -OCH3 is 3. The summed E-state index contributed by atoms with van der Waals surface area (Å²) in [5, 5.41) is 23.2. The second-order valence-electron chi connectivity index (χ2n) is 5.70. The van der Waals surface area contributed by atoms with Gasteiger partial charge in [0.25, 0.3) is 5.69 Å². The van der Waals surface area contributed by atoms with Gasteiger partial charge in [0, 0.05) is 22.6 Å². The van der Waals surface area contributed by atoms with E-state index in [2.05, 4.69) is 15.0 Å². The van der Waals surface area contributed by atoms with E-state index >= 15 is 0 Å². The molecule has 12 nitrogen and oxygen atoms in total. The molecule has 0 bridgehead atoms. The van der Waals surface area contributed by atoms with Gasteiger partial charge in [-0.05, 0) is 23.7 Å². The number of anilines is 1. The van der Waals surface area contributed by atoms with Crippen LogP contribution in [0.4, 0.5) is 17.1 Å². The van der Waals surface area contributed by atoms with Crippen LogP contribution in [0.2, 0.25) is 0 Å². The number of nitrogens with two attached hydrogens (primary N) is 1. The third kappa shape index (κ3) is 4.81. The lowest BCUT2D eigenvalue weighted by molar-refractivity contribution is -0.383. The average molecular weight is 423 g/mol. The number of nitro benzene ring substituents is 1. The number of azide groups is 1. The van der Waals surface area contributed by atoms with Crippen molar-refractivity contribution in [3.05, 3.63) is 62.6 Å². The molecule has 0 radical (unpaired) electrons. The summed E-state index contributed by atoms with van der Waals surface area (Å²) in [5.41, 5.74) is 14.1. The number of aromatic nitrogens is 1. The number of ether oxygens (including phenoxy) is 3. The second-order valence-corrected chi connectivity index (χ2v) is 5.70. The standard InChI is InChI=1S/C10H5N7O2.C9H12O3/c11-3-5-4-14-7-2-8(15-16-13)9(17(18)19)1-6(7)10(5)12;1-10-7-5-4-6-8(11-2)9(7)12-3/h1-2,4H,(H2,12,14);4-6H,1-3H3. The van der Waals surface area contributed by atoms with Crippen molar-refractivity contribution in [3.63, 3.8) is 0 Å². The van der Waals surface area contributed by atoms with E-state index in [0.717, 1.165) is 6.07 Å². The minimum atomic E-state index is -0.693. The largest absolute Gasteiger partial charge is 0.493 e. The fourth-order valence-electron chi connectivity index (χ4n) is 2.62. The molecule has 2 aromatic carbocycles. The molecule has 0 fully saturated rings. The van der Waals surface area contributed by atoms with Gasteiger partial charge in [0.15, 0.2) is 11.5 Å². The van der Waals surface area contributed by atoms with Gasteiger partial charge in [-0.15, -0.1) is 0 Å². The topological polar surface area (TPSA) is 182 Å². The van der Waals surface area contributed by atoms with Gasteiger partial charge >= 0.3 is 0 Å². The molecule has 0 aliphatic rings. The summed E-state index contributed by atoms with van der Waals surface area (Å²) >= 11 is 0. The normalized spacial score (nSPS) is 9.48. The first-order valence-corrected chi connectivity index (χ1v) is 8.48. The average Bonchev–Trinajstić information content (AvgIpc) is 2.78. The van der Waals surface area contributed by atoms with Gasteiger partial charge < -0.3 is 19.9 Å². The predicted molar refractivity (Wildman–Crippen MR) is 112 cm³/mol. The van der Waals surface area contributed by atoms with Crippen molar-refractivity contribution < 1.29 is 19.1 Å². The van der Waals surface area contributed by atoms with Crippen LogP contribution in [0.5, 0.6) is 17.2 Å². The van der Waals surface area contributed by atoms with Gasteiger partial charge in [0.2, 0.25) is 5.75 Å². The number of pyridine rings is 1. The van der Waals surface area contributed by atoms with Crippen LogP contribution in [0.15, 0.2) is 41.6 Å². The predicted octanol–water partition coefficient (Wildman–Crippen LogP) is 4.25. The Bertz CT molecular complexity index is 1190. The molecule has 1 heterocycles. The number of rotatable bonds is 5. The minimum Gasteiger partial charge on any atom is -0.493 e. The summed E-state index contributed by atoms with van der Waals surface area (Å²) in [4.78, 5) is 16.7. The highest BCUT2D eigenvalue weighted by Crippen LogP contribution is 2.36. The lowest BCUT2D eigenvalue weighted by Gasteiger charge is -2.10. The van der Waals surface area contributed by atoms with E-state index in [1.807, 2.05) is 24.3 Å². The number of hydrogen-bond donors (Lipinski definition) is 1. The monoisotopic (exact) mass is 423 g/mol. The van der Waals surface area contributed by atoms with Crippen LogP contribution in [0.25, 0.3) is 21.3 Å². The fourth-order valence-corrected chi connectivity index (χ4v) is 2.62. The Kier molecular flexibility index (Phi) is 7.38. The smallest absolute Gasteiger partial charge is 0.279 e. The fraction of sp³-hybridized carbons (Fsp3) is 0.158. The molecule has 0 saturated carbocycles. The van der Waals surface area contributed by atoms with Crippen molar-refractivity contribution in [3.8, 4) is 23.3 Å².